The van der Waals surface area contributed by atoms with E-state index in [1.54, 1.807) is 38.4 Å². The van der Waals surface area contributed by atoms with Gasteiger partial charge >= 0.3 is 0 Å². The van der Waals surface area contributed by atoms with Gasteiger partial charge in [-0.1, -0.05) is 25.1 Å². The van der Waals surface area contributed by atoms with Gasteiger partial charge in [-0.2, -0.15) is 4.31 Å². The van der Waals surface area contributed by atoms with Crippen molar-refractivity contribution in [3.05, 3.63) is 29.8 Å². The van der Waals surface area contributed by atoms with Gasteiger partial charge in [-0.05, 0) is 18.1 Å². The maximum atomic E-state index is 12.5. The van der Waals surface area contributed by atoms with Crippen LogP contribution in [0.4, 0.5) is 5.69 Å². The number of carbonyl (C=O) groups excluding carboxylic acids is 1. The number of nitrogens with zero attached hydrogens (tertiary/aromatic N) is 2. The summed E-state index contributed by atoms with van der Waals surface area (Å²) in [7, 11) is -0.372. The standard InChI is InChI=1S/C14H23N3O3S/c1-4-9-17(10-14(18)16(2)3)21(19,20)11-12-7-5-6-8-13(12)15/h5-8H,4,9-11,15H2,1-3H3. The topological polar surface area (TPSA) is 83.7 Å². The van der Waals surface area contributed by atoms with Crippen LogP contribution in [0.3, 0.4) is 0 Å². The number of likely N-dealkylation sites (N-methyl/N-ethyl adjacent to an activating group) is 1. The highest BCUT2D eigenvalue weighted by Crippen LogP contribution is 2.17. The van der Waals surface area contributed by atoms with Crippen LogP contribution in [0.5, 0.6) is 0 Å². The number of benzene rings is 1. The Bertz CT molecular complexity index is 585. The molecule has 0 aliphatic carbocycles. The molecular formula is C14H23N3O3S. The lowest BCUT2D eigenvalue weighted by molar-refractivity contribution is -0.128. The SMILES string of the molecule is CCCN(CC(=O)N(C)C)S(=O)(=O)Cc1ccccc1N. The third kappa shape index (κ3) is 5.02. The number of carbonyl (C=O) groups is 1. The molecule has 21 heavy (non-hydrogen) atoms. The van der Waals surface area contributed by atoms with Crippen molar-refractivity contribution >= 4 is 21.6 Å². The third-order valence-electron chi connectivity index (χ3n) is 3.07. The van der Waals surface area contributed by atoms with Gasteiger partial charge in [0.2, 0.25) is 15.9 Å². The Morgan fingerprint density at radius 2 is 1.86 bits per heavy atom. The first-order valence-corrected chi connectivity index (χ1v) is 8.40. The fourth-order valence-corrected chi connectivity index (χ4v) is 3.42. The maximum absolute atomic E-state index is 12.5. The lowest BCUT2D eigenvalue weighted by Crippen LogP contribution is -2.41. The number of rotatable bonds is 7. The Morgan fingerprint density at radius 1 is 1.24 bits per heavy atom. The van der Waals surface area contributed by atoms with Crippen molar-refractivity contribution in [1.29, 1.82) is 0 Å². The molecule has 0 aliphatic heterocycles. The van der Waals surface area contributed by atoms with Crippen molar-refractivity contribution in [1.82, 2.24) is 9.21 Å². The predicted molar refractivity (Wildman–Crippen MR) is 84.0 cm³/mol. The molecule has 0 heterocycles. The van der Waals surface area contributed by atoms with Gasteiger partial charge in [-0.25, -0.2) is 8.42 Å². The highest BCUT2D eigenvalue weighted by molar-refractivity contribution is 7.88. The first-order valence-electron chi connectivity index (χ1n) is 6.79. The Kier molecular flexibility index (Phi) is 6.17. The molecule has 0 spiro atoms. The molecular weight excluding hydrogens is 290 g/mol. The molecule has 0 radical (unpaired) electrons. The van der Waals surface area contributed by atoms with Crippen LogP contribution in [0, 0.1) is 0 Å². The molecule has 0 saturated heterocycles. The number of hydrogen-bond donors (Lipinski definition) is 1. The molecule has 118 valence electrons. The Morgan fingerprint density at radius 3 is 2.38 bits per heavy atom. The Hall–Kier alpha value is -1.60. The number of hydrogen-bond acceptors (Lipinski definition) is 4. The molecule has 0 unspecified atom stereocenters. The molecule has 1 rings (SSSR count). The molecule has 7 heteroatoms. The molecule has 0 fully saturated rings. The molecule has 1 amide bonds. The highest BCUT2D eigenvalue weighted by Gasteiger charge is 2.25. The van der Waals surface area contributed by atoms with Crippen LogP contribution >= 0.6 is 0 Å². The average molecular weight is 313 g/mol. The predicted octanol–water partition coefficient (Wildman–Crippen LogP) is 0.899. The summed E-state index contributed by atoms with van der Waals surface area (Å²) in [5, 5.41) is 0. The van der Waals surface area contributed by atoms with Crippen LogP contribution in [0.1, 0.15) is 18.9 Å². The summed E-state index contributed by atoms with van der Waals surface area (Å²) in [6.07, 6.45) is 0.643. The summed E-state index contributed by atoms with van der Waals surface area (Å²) >= 11 is 0. The monoisotopic (exact) mass is 313 g/mol. The van der Waals surface area contributed by atoms with Crippen molar-refractivity contribution in [2.45, 2.75) is 19.1 Å². The van der Waals surface area contributed by atoms with Gasteiger partial charge in [0.25, 0.3) is 0 Å². The van der Waals surface area contributed by atoms with Crippen LogP contribution in [-0.4, -0.2) is 50.7 Å². The first kappa shape index (κ1) is 17.5. The summed E-state index contributed by atoms with van der Waals surface area (Å²) in [6, 6.07) is 6.85. The zero-order chi connectivity index (χ0) is 16.0. The van der Waals surface area contributed by atoms with Crippen LogP contribution in [-0.2, 0) is 20.6 Å². The maximum Gasteiger partial charge on any atom is 0.237 e. The first-order chi connectivity index (χ1) is 9.77. The summed E-state index contributed by atoms with van der Waals surface area (Å²) in [4.78, 5) is 13.2. The largest absolute Gasteiger partial charge is 0.398 e. The number of nitrogens with two attached hydrogens (primary N) is 1. The van der Waals surface area contributed by atoms with E-state index >= 15 is 0 Å². The molecule has 6 nitrogen and oxygen atoms in total. The van der Waals surface area contributed by atoms with E-state index in [0.717, 1.165) is 0 Å². The van der Waals surface area contributed by atoms with Crippen molar-refractivity contribution in [2.24, 2.45) is 0 Å². The fraction of sp³-hybridized carbons (Fsp3) is 0.500. The molecule has 2 N–H and O–H groups in total. The van der Waals surface area contributed by atoms with E-state index < -0.39 is 10.0 Å². The second kappa shape index (κ2) is 7.42. The third-order valence-corrected chi connectivity index (χ3v) is 4.84. The van der Waals surface area contributed by atoms with E-state index in [9.17, 15) is 13.2 Å². The van der Waals surface area contributed by atoms with Crippen molar-refractivity contribution < 1.29 is 13.2 Å². The quantitative estimate of drug-likeness (QED) is 0.758. The molecule has 1 aromatic rings. The molecule has 0 bridgehead atoms. The van der Waals surface area contributed by atoms with Gasteiger partial charge in [0.1, 0.15) is 0 Å². The van der Waals surface area contributed by atoms with E-state index in [0.29, 0.717) is 24.2 Å². The van der Waals surface area contributed by atoms with Crippen molar-refractivity contribution in [3.8, 4) is 0 Å². The number of sulfonamides is 1. The average Bonchev–Trinajstić information content (AvgIpc) is 2.40. The second-order valence-electron chi connectivity index (χ2n) is 5.08. The number of amides is 1. The van der Waals surface area contributed by atoms with Gasteiger partial charge < -0.3 is 10.6 Å². The zero-order valence-electron chi connectivity index (χ0n) is 12.7. The molecule has 0 aliphatic rings. The lowest BCUT2D eigenvalue weighted by atomic mass is 10.2. The summed E-state index contributed by atoms with van der Waals surface area (Å²) < 4.78 is 26.2. The molecule has 0 aromatic heterocycles. The smallest absolute Gasteiger partial charge is 0.237 e. The van der Waals surface area contributed by atoms with Gasteiger partial charge in [-0.15, -0.1) is 0 Å². The summed E-state index contributed by atoms with van der Waals surface area (Å²) in [5.41, 5.74) is 6.79. The fourth-order valence-electron chi connectivity index (χ4n) is 1.81. The van der Waals surface area contributed by atoms with E-state index in [4.69, 9.17) is 5.73 Å². The summed E-state index contributed by atoms with van der Waals surface area (Å²) in [5.74, 6) is -0.437. The number of nitrogen functional groups attached to an aromatic ring is 1. The van der Waals surface area contributed by atoms with Crippen LogP contribution in [0.25, 0.3) is 0 Å². The van der Waals surface area contributed by atoms with Crippen LogP contribution in [0.15, 0.2) is 24.3 Å². The van der Waals surface area contributed by atoms with E-state index in [1.165, 1.54) is 9.21 Å². The number of anilines is 1. The minimum Gasteiger partial charge on any atom is -0.398 e. The summed E-state index contributed by atoms with van der Waals surface area (Å²) in [6.45, 7) is 2.05. The van der Waals surface area contributed by atoms with E-state index in [1.807, 2.05) is 6.92 Å². The Balaban J connectivity index is 2.95. The van der Waals surface area contributed by atoms with E-state index in [2.05, 4.69) is 0 Å². The van der Waals surface area contributed by atoms with Crippen LogP contribution in [0.2, 0.25) is 0 Å². The minimum absolute atomic E-state index is 0.143. The Labute approximate surface area is 126 Å². The number of para-hydroxylation sites is 1. The van der Waals surface area contributed by atoms with Gasteiger partial charge in [0.05, 0.1) is 12.3 Å². The van der Waals surface area contributed by atoms with Crippen LogP contribution < -0.4 is 5.73 Å². The van der Waals surface area contributed by atoms with Crippen molar-refractivity contribution in [2.75, 3.05) is 32.9 Å². The second-order valence-corrected chi connectivity index (χ2v) is 7.05. The molecule has 0 saturated carbocycles. The van der Waals surface area contributed by atoms with Crippen molar-refractivity contribution in [3.63, 3.8) is 0 Å². The highest BCUT2D eigenvalue weighted by atomic mass is 32.2. The normalized spacial score (nSPS) is 11.6. The van der Waals surface area contributed by atoms with Gasteiger partial charge in [0, 0.05) is 26.3 Å². The van der Waals surface area contributed by atoms with E-state index in [-0.39, 0.29) is 18.2 Å². The van der Waals surface area contributed by atoms with Gasteiger partial charge in [0.15, 0.2) is 0 Å². The zero-order valence-corrected chi connectivity index (χ0v) is 13.6. The minimum atomic E-state index is -3.58. The lowest BCUT2D eigenvalue weighted by Gasteiger charge is -2.23. The van der Waals surface area contributed by atoms with Gasteiger partial charge in [-0.3, -0.25) is 4.79 Å². The molecule has 1 aromatic carbocycles. The molecule has 0 atom stereocenters.